The number of carbonyl (C=O) groups is 1. The van der Waals surface area contributed by atoms with Crippen molar-refractivity contribution in [2.75, 3.05) is 7.11 Å². The summed E-state index contributed by atoms with van der Waals surface area (Å²) < 4.78 is 33.4. The van der Waals surface area contributed by atoms with Crippen LogP contribution in [0.1, 0.15) is 21.2 Å². The lowest BCUT2D eigenvalue weighted by Crippen LogP contribution is -2.11. The molecule has 0 radical (unpaired) electrons. The Bertz CT molecular complexity index is 961. The minimum atomic E-state index is -0.985. The number of carbonyl (C=O) groups excluding carboxylic acids is 1. The molecule has 2 nitrogen and oxygen atoms in total. The number of halogens is 3. The maximum Gasteiger partial charge on any atom is 0.180 e. The molecule has 0 bridgehead atoms. The number of ether oxygens (including phenoxy) is 1. The van der Waals surface area contributed by atoms with E-state index in [1.807, 2.05) is 18.2 Å². The summed E-state index contributed by atoms with van der Waals surface area (Å²) in [5, 5.41) is -0.752. The van der Waals surface area contributed by atoms with E-state index >= 15 is 0 Å². The summed E-state index contributed by atoms with van der Waals surface area (Å²) >= 11 is 4.58. The van der Waals surface area contributed by atoms with Crippen molar-refractivity contribution in [1.82, 2.24) is 0 Å². The Hall–Kier alpha value is -2.18. The minimum absolute atomic E-state index is 0.204. The number of rotatable bonds is 6. The van der Waals surface area contributed by atoms with Crippen molar-refractivity contribution in [2.45, 2.75) is 10.1 Å². The number of thioether (sulfide) groups is 1. The number of ketones is 1. The molecule has 0 aliphatic rings. The molecule has 1 unspecified atom stereocenters. The molecule has 27 heavy (non-hydrogen) atoms. The molecule has 0 amide bonds. The van der Waals surface area contributed by atoms with Crippen LogP contribution in [-0.4, -0.2) is 12.9 Å². The van der Waals surface area contributed by atoms with Gasteiger partial charge in [-0.3, -0.25) is 4.79 Å². The molecule has 0 aliphatic carbocycles. The van der Waals surface area contributed by atoms with Crippen LogP contribution in [0, 0.1) is 11.6 Å². The number of Topliss-reactive ketones (excluding diaryl/α,β-unsaturated/α-hetero) is 1. The summed E-state index contributed by atoms with van der Waals surface area (Å²) in [5.41, 5.74) is 0.869. The molecule has 6 heteroatoms. The smallest absolute Gasteiger partial charge is 0.180 e. The Morgan fingerprint density at radius 2 is 1.70 bits per heavy atom. The van der Waals surface area contributed by atoms with Gasteiger partial charge in [0, 0.05) is 10.0 Å². The topological polar surface area (TPSA) is 26.3 Å². The Balaban J connectivity index is 2.03. The zero-order valence-electron chi connectivity index (χ0n) is 14.3. The van der Waals surface area contributed by atoms with E-state index < -0.39 is 16.9 Å². The van der Waals surface area contributed by atoms with Crippen LogP contribution in [0.5, 0.6) is 5.75 Å². The Kier molecular flexibility index (Phi) is 6.29. The lowest BCUT2D eigenvalue weighted by atomic mass is 10.0. The van der Waals surface area contributed by atoms with Gasteiger partial charge in [0.2, 0.25) is 0 Å². The van der Waals surface area contributed by atoms with E-state index in [-0.39, 0.29) is 5.78 Å². The van der Waals surface area contributed by atoms with E-state index in [2.05, 4.69) is 15.9 Å². The molecular weight excluding hydrogens is 434 g/mol. The third kappa shape index (κ3) is 4.57. The van der Waals surface area contributed by atoms with Gasteiger partial charge in [0.1, 0.15) is 5.75 Å². The van der Waals surface area contributed by atoms with Gasteiger partial charge < -0.3 is 4.74 Å². The van der Waals surface area contributed by atoms with Gasteiger partial charge in [-0.2, -0.15) is 0 Å². The maximum absolute atomic E-state index is 13.8. The van der Waals surface area contributed by atoms with E-state index in [0.717, 1.165) is 21.5 Å². The first kappa shape index (κ1) is 19.6. The summed E-state index contributed by atoms with van der Waals surface area (Å²) in [4.78, 5) is 13.9. The molecule has 1 atom stereocenters. The molecule has 0 heterocycles. The summed E-state index contributed by atoms with van der Waals surface area (Å²) in [7, 11) is 1.54. The van der Waals surface area contributed by atoms with Gasteiger partial charge in [-0.1, -0.05) is 46.3 Å². The van der Waals surface area contributed by atoms with Crippen molar-refractivity contribution in [1.29, 1.82) is 0 Å². The lowest BCUT2D eigenvalue weighted by molar-refractivity contribution is 0.0989. The third-order valence-corrected chi connectivity index (χ3v) is 5.77. The van der Waals surface area contributed by atoms with Crippen LogP contribution in [0.25, 0.3) is 0 Å². The highest BCUT2D eigenvalue weighted by Crippen LogP contribution is 2.42. The molecule has 0 aliphatic heterocycles. The van der Waals surface area contributed by atoms with Gasteiger partial charge in [-0.05, 0) is 42.0 Å². The SMILES string of the molecule is COc1ccccc1SC(C(=O)c1ccc(Br)cc1)c1ccc(F)c(F)c1. The molecule has 0 spiro atoms. The Morgan fingerprint density at radius 1 is 1.00 bits per heavy atom. The molecule has 3 aromatic rings. The van der Waals surface area contributed by atoms with Crippen LogP contribution in [0.15, 0.2) is 76.1 Å². The maximum atomic E-state index is 13.8. The number of para-hydroxylation sites is 1. The van der Waals surface area contributed by atoms with Crippen LogP contribution in [0.2, 0.25) is 0 Å². The second kappa shape index (κ2) is 8.67. The molecule has 0 saturated carbocycles. The monoisotopic (exact) mass is 448 g/mol. The van der Waals surface area contributed by atoms with Crippen LogP contribution in [-0.2, 0) is 0 Å². The molecule has 0 aromatic heterocycles. The van der Waals surface area contributed by atoms with E-state index in [9.17, 15) is 13.6 Å². The lowest BCUT2D eigenvalue weighted by Gasteiger charge is -2.18. The highest BCUT2D eigenvalue weighted by Gasteiger charge is 2.25. The molecule has 3 aromatic carbocycles. The fraction of sp³-hybridized carbons (Fsp3) is 0.0952. The van der Waals surface area contributed by atoms with Crippen LogP contribution >= 0.6 is 27.7 Å². The molecule has 0 N–H and O–H groups in total. The summed E-state index contributed by atoms with van der Waals surface area (Å²) in [6.07, 6.45) is 0. The Labute approximate surface area is 168 Å². The van der Waals surface area contributed by atoms with E-state index in [0.29, 0.717) is 16.9 Å². The van der Waals surface area contributed by atoms with Gasteiger partial charge in [-0.15, -0.1) is 11.8 Å². The van der Waals surface area contributed by atoms with Crippen LogP contribution in [0.3, 0.4) is 0 Å². The van der Waals surface area contributed by atoms with Crippen molar-refractivity contribution < 1.29 is 18.3 Å². The Morgan fingerprint density at radius 3 is 2.37 bits per heavy atom. The summed E-state index contributed by atoms with van der Waals surface area (Å²) in [6, 6.07) is 17.7. The first-order valence-electron chi connectivity index (χ1n) is 8.04. The van der Waals surface area contributed by atoms with Gasteiger partial charge in [0.25, 0.3) is 0 Å². The van der Waals surface area contributed by atoms with Crippen LogP contribution < -0.4 is 4.74 Å². The standard InChI is InChI=1S/C21H15BrF2O2S/c1-26-18-4-2-3-5-19(18)27-21(14-8-11-16(23)17(24)12-14)20(25)13-6-9-15(22)10-7-13/h2-12,21H,1H3. The average molecular weight is 449 g/mol. The number of hydrogen-bond donors (Lipinski definition) is 0. The highest BCUT2D eigenvalue weighted by molar-refractivity contribution is 9.10. The average Bonchev–Trinajstić information content (AvgIpc) is 2.68. The summed E-state index contributed by atoms with van der Waals surface area (Å²) in [6.45, 7) is 0. The van der Waals surface area contributed by atoms with E-state index in [1.54, 1.807) is 37.4 Å². The van der Waals surface area contributed by atoms with Gasteiger partial charge in [-0.25, -0.2) is 8.78 Å². The minimum Gasteiger partial charge on any atom is -0.496 e. The molecular formula is C21H15BrF2O2S. The zero-order chi connectivity index (χ0) is 19.4. The second-order valence-electron chi connectivity index (χ2n) is 5.69. The number of hydrogen-bond acceptors (Lipinski definition) is 3. The number of methoxy groups -OCH3 is 1. The normalized spacial score (nSPS) is 11.9. The number of benzene rings is 3. The highest BCUT2D eigenvalue weighted by atomic mass is 79.9. The van der Waals surface area contributed by atoms with Gasteiger partial charge in [0.05, 0.1) is 17.3 Å². The molecule has 3 rings (SSSR count). The first-order valence-corrected chi connectivity index (χ1v) is 9.71. The molecule has 0 saturated heterocycles. The van der Waals surface area contributed by atoms with Crippen molar-refractivity contribution in [3.8, 4) is 5.75 Å². The fourth-order valence-corrected chi connectivity index (χ4v) is 4.03. The van der Waals surface area contributed by atoms with E-state index in [1.165, 1.54) is 17.8 Å². The second-order valence-corrected chi connectivity index (χ2v) is 7.76. The van der Waals surface area contributed by atoms with Crippen molar-refractivity contribution in [3.05, 3.63) is 94.0 Å². The zero-order valence-corrected chi connectivity index (χ0v) is 16.7. The molecule has 138 valence electrons. The van der Waals surface area contributed by atoms with Gasteiger partial charge >= 0.3 is 0 Å². The predicted octanol–water partition coefficient (Wildman–Crippen LogP) is 6.45. The summed E-state index contributed by atoms with van der Waals surface area (Å²) in [5.74, 6) is -1.53. The van der Waals surface area contributed by atoms with Crippen LogP contribution in [0.4, 0.5) is 8.78 Å². The first-order chi connectivity index (χ1) is 13.0. The van der Waals surface area contributed by atoms with E-state index in [4.69, 9.17) is 4.74 Å². The van der Waals surface area contributed by atoms with Gasteiger partial charge in [0.15, 0.2) is 17.4 Å². The third-order valence-electron chi connectivity index (χ3n) is 3.93. The van der Waals surface area contributed by atoms with Crippen molar-refractivity contribution >= 4 is 33.5 Å². The van der Waals surface area contributed by atoms with Crippen molar-refractivity contribution in [2.24, 2.45) is 0 Å². The fourth-order valence-electron chi connectivity index (χ4n) is 2.56. The predicted molar refractivity (Wildman–Crippen MR) is 106 cm³/mol. The van der Waals surface area contributed by atoms with Crippen molar-refractivity contribution in [3.63, 3.8) is 0 Å². The largest absolute Gasteiger partial charge is 0.496 e. The quantitative estimate of drug-likeness (QED) is 0.320. The molecule has 0 fully saturated rings.